The molecule has 1 fully saturated rings. The second-order valence-corrected chi connectivity index (χ2v) is 7.20. The van der Waals surface area contributed by atoms with Crippen LogP contribution in [0.1, 0.15) is 35.8 Å². The van der Waals surface area contributed by atoms with Crippen molar-refractivity contribution in [3.8, 4) is 11.3 Å². The second kappa shape index (κ2) is 8.19. The molecule has 0 aliphatic carbocycles. The van der Waals surface area contributed by atoms with E-state index in [-0.39, 0.29) is 17.1 Å². The Kier molecular flexibility index (Phi) is 5.61. The number of imidazole rings is 1. The quantitative estimate of drug-likeness (QED) is 0.618. The molecule has 0 radical (unpaired) electrons. The lowest BCUT2D eigenvalue weighted by atomic mass is 10.1. The molecule has 1 aliphatic heterocycles. The van der Waals surface area contributed by atoms with Gasteiger partial charge in [0.15, 0.2) is 5.65 Å². The number of nitrogens with one attached hydrogen (secondary N) is 1. The fourth-order valence-electron chi connectivity index (χ4n) is 3.34. The normalized spacial score (nSPS) is 17.3. The standard InChI is InChI=1S/C19H17ClF3N5O2/c20-18-26-14(11-4-3-5-12(8-11)17(29)24-9-19(21,22)23)15-16(27-18)28(10-25-15)13-6-1-2-7-30-13/h3-5,8,10,13H,1-2,6-7,9H2,(H,24,29). The third-order valence-corrected chi connectivity index (χ3v) is 4.88. The maximum absolute atomic E-state index is 12.4. The highest BCUT2D eigenvalue weighted by atomic mass is 35.5. The van der Waals surface area contributed by atoms with Gasteiger partial charge in [-0.3, -0.25) is 9.36 Å². The Hall–Kier alpha value is -2.72. The highest BCUT2D eigenvalue weighted by Gasteiger charge is 2.28. The van der Waals surface area contributed by atoms with Gasteiger partial charge in [0.2, 0.25) is 5.28 Å². The summed E-state index contributed by atoms with van der Waals surface area (Å²) < 4.78 is 44.7. The molecular weight excluding hydrogens is 423 g/mol. The predicted molar refractivity (Wildman–Crippen MR) is 103 cm³/mol. The van der Waals surface area contributed by atoms with Crippen LogP contribution in [-0.2, 0) is 4.74 Å². The summed E-state index contributed by atoms with van der Waals surface area (Å²) in [5.74, 6) is -0.841. The molecule has 0 spiro atoms. The van der Waals surface area contributed by atoms with Crippen LogP contribution in [0.2, 0.25) is 5.28 Å². The first kappa shape index (κ1) is 20.5. The van der Waals surface area contributed by atoms with Crippen molar-refractivity contribution >= 4 is 28.7 Å². The number of fused-ring (bicyclic) bond motifs is 1. The lowest BCUT2D eigenvalue weighted by molar-refractivity contribution is -0.123. The monoisotopic (exact) mass is 439 g/mol. The summed E-state index contributed by atoms with van der Waals surface area (Å²) >= 11 is 6.14. The Bertz CT molecular complexity index is 1080. The summed E-state index contributed by atoms with van der Waals surface area (Å²) in [6, 6.07) is 6.10. The maximum atomic E-state index is 12.4. The molecule has 2 aromatic heterocycles. The van der Waals surface area contributed by atoms with E-state index in [9.17, 15) is 18.0 Å². The average Bonchev–Trinajstić information content (AvgIpc) is 3.15. The molecule has 0 saturated carbocycles. The van der Waals surface area contributed by atoms with Gasteiger partial charge in [0.1, 0.15) is 24.0 Å². The second-order valence-electron chi connectivity index (χ2n) is 6.87. The van der Waals surface area contributed by atoms with E-state index < -0.39 is 18.6 Å². The zero-order valence-corrected chi connectivity index (χ0v) is 16.4. The van der Waals surface area contributed by atoms with E-state index in [0.29, 0.717) is 29.0 Å². The average molecular weight is 440 g/mol. The summed E-state index contributed by atoms with van der Waals surface area (Å²) in [7, 11) is 0. The highest BCUT2D eigenvalue weighted by Crippen LogP contribution is 2.31. The van der Waals surface area contributed by atoms with Crippen LogP contribution in [0.5, 0.6) is 0 Å². The fourth-order valence-corrected chi connectivity index (χ4v) is 3.50. The fraction of sp³-hybridized carbons (Fsp3) is 0.368. The summed E-state index contributed by atoms with van der Waals surface area (Å²) in [6.45, 7) is -0.767. The summed E-state index contributed by atoms with van der Waals surface area (Å²) in [6.07, 6.45) is -0.264. The van der Waals surface area contributed by atoms with Gasteiger partial charge in [0.25, 0.3) is 5.91 Å². The number of benzene rings is 1. The topological polar surface area (TPSA) is 81.9 Å². The van der Waals surface area contributed by atoms with E-state index in [1.165, 1.54) is 12.1 Å². The molecule has 4 rings (SSSR count). The number of hydrogen-bond acceptors (Lipinski definition) is 5. The number of rotatable bonds is 4. The number of aromatic nitrogens is 4. The van der Waals surface area contributed by atoms with Gasteiger partial charge in [-0.05, 0) is 43.0 Å². The summed E-state index contributed by atoms with van der Waals surface area (Å²) in [5.41, 5.74) is 1.88. The van der Waals surface area contributed by atoms with Gasteiger partial charge < -0.3 is 10.1 Å². The van der Waals surface area contributed by atoms with Gasteiger partial charge in [0, 0.05) is 17.7 Å². The number of hydrogen-bond donors (Lipinski definition) is 1. The van der Waals surface area contributed by atoms with Crippen molar-refractivity contribution in [1.29, 1.82) is 0 Å². The largest absolute Gasteiger partial charge is 0.405 e. The lowest BCUT2D eigenvalue weighted by Crippen LogP contribution is -2.33. The maximum Gasteiger partial charge on any atom is 0.405 e. The first-order valence-electron chi connectivity index (χ1n) is 9.29. The van der Waals surface area contributed by atoms with Crippen molar-refractivity contribution < 1.29 is 22.7 Å². The van der Waals surface area contributed by atoms with Crippen LogP contribution < -0.4 is 5.32 Å². The van der Waals surface area contributed by atoms with Crippen LogP contribution >= 0.6 is 11.6 Å². The SMILES string of the molecule is O=C(NCC(F)(F)F)c1cccc(-c2nc(Cl)nc3c2ncn3C2CCCCO2)c1. The number of carbonyl (C=O) groups excluding carboxylic acids is 1. The Morgan fingerprint density at radius 3 is 2.87 bits per heavy atom. The molecule has 1 aliphatic rings. The van der Waals surface area contributed by atoms with Crippen molar-refractivity contribution in [2.24, 2.45) is 0 Å². The van der Waals surface area contributed by atoms with Crippen molar-refractivity contribution in [3.63, 3.8) is 0 Å². The van der Waals surface area contributed by atoms with Crippen LogP contribution in [0, 0.1) is 0 Å². The van der Waals surface area contributed by atoms with Gasteiger partial charge in [-0.2, -0.15) is 18.2 Å². The summed E-state index contributed by atoms with van der Waals surface area (Å²) in [4.78, 5) is 25.0. The molecule has 158 valence electrons. The molecule has 1 N–H and O–H groups in total. The minimum Gasteiger partial charge on any atom is -0.358 e. The van der Waals surface area contributed by atoms with Gasteiger partial charge in [0.05, 0.1) is 6.33 Å². The molecule has 0 bridgehead atoms. The number of alkyl halides is 3. The van der Waals surface area contributed by atoms with Crippen LogP contribution in [0.3, 0.4) is 0 Å². The minimum absolute atomic E-state index is 0.0121. The van der Waals surface area contributed by atoms with E-state index in [0.717, 1.165) is 19.3 Å². The Morgan fingerprint density at radius 1 is 1.30 bits per heavy atom. The molecule has 3 heterocycles. The molecule has 1 aromatic carbocycles. The third kappa shape index (κ3) is 4.39. The van der Waals surface area contributed by atoms with Crippen molar-refractivity contribution in [2.45, 2.75) is 31.7 Å². The zero-order valence-electron chi connectivity index (χ0n) is 15.6. The van der Waals surface area contributed by atoms with E-state index in [1.807, 2.05) is 5.32 Å². The number of nitrogens with zero attached hydrogens (tertiary/aromatic N) is 4. The number of ether oxygens (including phenoxy) is 1. The van der Waals surface area contributed by atoms with Crippen molar-refractivity contribution in [1.82, 2.24) is 24.8 Å². The third-order valence-electron chi connectivity index (χ3n) is 4.71. The van der Waals surface area contributed by atoms with E-state index in [2.05, 4.69) is 15.0 Å². The van der Waals surface area contributed by atoms with Crippen molar-refractivity contribution in [3.05, 3.63) is 41.4 Å². The van der Waals surface area contributed by atoms with E-state index >= 15 is 0 Å². The molecule has 1 unspecified atom stereocenters. The summed E-state index contributed by atoms with van der Waals surface area (Å²) in [5, 5.41) is 1.84. The van der Waals surface area contributed by atoms with Gasteiger partial charge in [-0.25, -0.2) is 9.97 Å². The molecule has 7 nitrogen and oxygen atoms in total. The zero-order chi connectivity index (χ0) is 21.3. The predicted octanol–water partition coefficient (Wildman–Crippen LogP) is 4.14. The Morgan fingerprint density at radius 2 is 2.13 bits per heavy atom. The lowest BCUT2D eigenvalue weighted by Gasteiger charge is -2.23. The van der Waals surface area contributed by atoms with Crippen LogP contribution in [0.4, 0.5) is 13.2 Å². The molecule has 1 atom stereocenters. The molecule has 3 aromatic rings. The minimum atomic E-state index is -4.49. The Labute approximate surface area is 174 Å². The molecular formula is C19H17ClF3N5O2. The van der Waals surface area contributed by atoms with Crippen molar-refractivity contribution in [2.75, 3.05) is 13.2 Å². The number of halogens is 4. The van der Waals surface area contributed by atoms with E-state index in [4.69, 9.17) is 16.3 Å². The van der Waals surface area contributed by atoms with Gasteiger partial charge in [-0.15, -0.1) is 0 Å². The van der Waals surface area contributed by atoms with Crippen LogP contribution in [0.15, 0.2) is 30.6 Å². The smallest absolute Gasteiger partial charge is 0.358 e. The molecule has 11 heteroatoms. The van der Waals surface area contributed by atoms with Gasteiger partial charge >= 0.3 is 6.18 Å². The molecule has 30 heavy (non-hydrogen) atoms. The van der Waals surface area contributed by atoms with E-state index in [1.54, 1.807) is 23.0 Å². The Balaban J connectivity index is 1.69. The molecule has 1 saturated heterocycles. The number of amides is 1. The number of carbonyl (C=O) groups is 1. The van der Waals surface area contributed by atoms with Crippen LogP contribution in [-0.4, -0.2) is 44.8 Å². The molecule has 1 amide bonds. The van der Waals surface area contributed by atoms with Gasteiger partial charge in [-0.1, -0.05) is 12.1 Å². The first-order chi connectivity index (χ1) is 14.3. The highest BCUT2D eigenvalue weighted by molar-refractivity contribution is 6.28. The first-order valence-corrected chi connectivity index (χ1v) is 9.67. The van der Waals surface area contributed by atoms with Crippen LogP contribution in [0.25, 0.3) is 22.4 Å².